The van der Waals surface area contributed by atoms with Gasteiger partial charge in [-0.1, -0.05) is 0 Å². The van der Waals surface area contributed by atoms with Crippen LogP contribution in [0.25, 0.3) is 0 Å². The van der Waals surface area contributed by atoms with Crippen LogP contribution in [-0.4, -0.2) is 77.1 Å². The van der Waals surface area contributed by atoms with Gasteiger partial charge in [-0.2, -0.15) is 0 Å². The molecule has 1 heterocycles. The Hall–Kier alpha value is -1.30. The molecule has 1 N–H and O–H groups in total. The standard InChI is InChI=1S/C12H23N3O3/c1-9(10(16)17)14(5)11(18)15-7-6-13(4)12(2,3)8-15/h9H,6-8H2,1-5H3,(H,16,17). The molecule has 1 rings (SSSR count). The summed E-state index contributed by atoms with van der Waals surface area (Å²) in [4.78, 5) is 28.3. The predicted molar refractivity (Wildman–Crippen MR) is 68.5 cm³/mol. The Kier molecular flexibility index (Phi) is 4.21. The highest BCUT2D eigenvalue weighted by Gasteiger charge is 2.35. The fraction of sp³-hybridized carbons (Fsp3) is 0.833. The van der Waals surface area contributed by atoms with E-state index >= 15 is 0 Å². The van der Waals surface area contributed by atoms with E-state index in [1.54, 1.807) is 4.90 Å². The summed E-state index contributed by atoms with van der Waals surface area (Å²) >= 11 is 0. The number of nitrogens with zero attached hydrogens (tertiary/aromatic N) is 3. The summed E-state index contributed by atoms with van der Waals surface area (Å²) in [6.07, 6.45) is 0. The normalized spacial score (nSPS) is 21.5. The number of aliphatic carboxylic acids is 1. The Bertz CT molecular complexity index is 343. The topological polar surface area (TPSA) is 64.1 Å². The van der Waals surface area contributed by atoms with Crippen molar-refractivity contribution in [3.05, 3.63) is 0 Å². The number of hydrogen-bond acceptors (Lipinski definition) is 3. The van der Waals surface area contributed by atoms with Gasteiger partial charge in [0, 0.05) is 32.2 Å². The maximum Gasteiger partial charge on any atom is 0.326 e. The van der Waals surface area contributed by atoms with Gasteiger partial charge >= 0.3 is 12.0 Å². The molecule has 0 aromatic carbocycles. The van der Waals surface area contributed by atoms with E-state index in [2.05, 4.69) is 18.7 Å². The molecule has 0 bridgehead atoms. The van der Waals surface area contributed by atoms with Crippen molar-refractivity contribution >= 4 is 12.0 Å². The quantitative estimate of drug-likeness (QED) is 0.784. The molecule has 0 aliphatic carbocycles. The average Bonchev–Trinajstić information content (AvgIpc) is 2.29. The molecular formula is C12H23N3O3. The van der Waals surface area contributed by atoms with Crippen LogP contribution in [0.2, 0.25) is 0 Å². The number of carboxylic acid groups (broad SMARTS) is 1. The molecule has 1 atom stereocenters. The first-order valence-electron chi connectivity index (χ1n) is 6.12. The van der Waals surface area contributed by atoms with E-state index < -0.39 is 12.0 Å². The lowest BCUT2D eigenvalue weighted by atomic mass is 10.00. The van der Waals surface area contributed by atoms with Crippen molar-refractivity contribution in [2.24, 2.45) is 0 Å². The van der Waals surface area contributed by atoms with Gasteiger partial charge in [0.25, 0.3) is 0 Å². The largest absolute Gasteiger partial charge is 0.480 e. The highest BCUT2D eigenvalue weighted by Crippen LogP contribution is 2.20. The van der Waals surface area contributed by atoms with E-state index in [4.69, 9.17) is 5.11 Å². The second-order valence-electron chi connectivity index (χ2n) is 5.56. The Balaban J connectivity index is 2.71. The molecule has 104 valence electrons. The van der Waals surface area contributed by atoms with E-state index in [9.17, 15) is 9.59 Å². The third kappa shape index (κ3) is 2.93. The van der Waals surface area contributed by atoms with Crippen LogP contribution in [0.1, 0.15) is 20.8 Å². The summed E-state index contributed by atoms with van der Waals surface area (Å²) in [6.45, 7) is 7.71. The molecule has 0 saturated carbocycles. The molecule has 0 radical (unpaired) electrons. The van der Waals surface area contributed by atoms with Gasteiger partial charge in [-0.25, -0.2) is 9.59 Å². The number of likely N-dealkylation sites (N-methyl/N-ethyl adjacent to an activating group) is 2. The monoisotopic (exact) mass is 257 g/mol. The smallest absolute Gasteiger partial charge is 0.326 e. The zero-order chi connectivity index (χ0) is 14.1. The first-order chi connectivity index (χ1) is 8.16. The van der Waals surface area contributed by atoms with Crippen LogP contribution in [-0.2, 0) is 4.79 Å². The van der Waals surface area contributed by atoms with Gasteiger partial charge in [0.2, 0.25) is 0 Å². The first-order valence-corrected chi connectivity index (χ1v) is 6.12. The highest BCUT2D eigenvalue weighted by molar-refractivity contribution is 5.82. The number of piperazine rings is 1. The summed E-state index contributed by atoms with van der Waals surface area (Å²) in [5, 5.41) is 8.92. The Labute approximate surface area is 108 Å². The van der Waals surface area contributed by atoms with Crippen molar-refractivity contribution in [1.82, 2.24) is 14.7 Å². The minimum atomic E-state index is -0.987. The van der Waals surface area contributed by atoms with Gasteiger partial charge in [-0.15, -0.1) is 0 Å². The molecular weight excluding hydrogens is 234 g/mol. The molecule has 2 amide bonds. The summed E-state index contributed by atoms with van der Waals surface area (Å²) < 4.78 is 0. The van der Waals surface area contributed by atoms with Gasteiger partial charge in [0.05, 0.1) is 0 Å². The number of carbonyl (C=O) groups is 2. The fourth-order valence-corrected chi connectivity index (χ4v) is 1.96. The second-order valence-corrected chi connectivity index (χ2v) is 5.56. The van der Waals surface area contributed by atoms with Crippen LogP contribution in [0.4, 0.5) is 4.79 Å². The SMILES string of the molecule is CC(C(=O)O)N(C)C(=O)N1CCN(C)C(C)(C)C1. The number of amides is 2. The second kappa shape index (κ2) is 5.14. The number of rotatable bonds is 2. The van der Waals surface area contributed by atoms with Crippen molar-refractivity contribution < 1.29 is 14.7 Å². The van der Waals surface area contributed by atoms with E-state index in [0.717, 1.165) is 6.54 Å². The van der Waals surface area contributed by atoms with Crippen LogP contribution in [0.5, 0.6) is 0 Å². The highest BCUT2D eigenvalue weighted by atomic mass is 16.4. The first kappa shape index (κ1) is 14.8. The molecule has 0 aromatic heterocycles. The van der Waals surface area contributed by atoms with Gasteiger partial charge < -0.3 is 14.9 Å². The molecule has 1 fully saturated rings. The summed E-state index contributed by atoms with van der Waals surface area (Å²) in [5.41, 5.74) is -0.0821. The van der Waals surface area contributed by atoms with E-state index in [0.29, 0.717) is 13.1 Å². The Morgan fingerprint density at radius 3 is 2.33 bits per heavy atom. The summed E-state index contributed by atoms with van der Waals surface area (Å²) in [6, 6.07) is -1.02. The van der Waals surface area contributed by atoms with E-state index in [-0.39, 0.29) is 11.6 Å². The number of hydrogen-bond donors (Lipinski definition) is 1. The fourth-order valence-electron chi connectivity index (χ4n) is 1.96. The average molecular weight is 257 g/mol. The van der Waals surface area contributed by atoms with Crippen LogP contribution in [0.15, 0.2) is 0 Å². The summed E-state index contributed by atoms with van der Waals surface area (Å²) in [5.74, 6) is -0.987. The van der Waals surface area contributed by atoms with Crippen LogP contribution in [0.3, 0.4) is 0 Å². The molecule has 18 heavy (non-hydrogen) atoms. The molecule has 1 aliphatic rings. The maximum absolute atomic E-state index is 12.2. The van der Waals surface area contributed by atoms with Gasteiger partial charge in [0.15, 0.2) is 0 Å². The number of carboxylic acids is 1. The van der Waals surface area contributed by atoms with Gasteiger partial charge in [-0.05, 0) is 27.8 Å². The molecule has 0 aromatic rings. The Morgan fingerprint density at radius 2 is 1.89 bits per heavy atom. The number of urea groups is 1. The minimum absolute atomic E-state index is 0.0821. The molecule has 1 unspecified atom stereocenters. The molecule has 0 spiro atoms. The van der Waals surface area contributed by atoms with E-state index in [1.807, 2.05) is 7.05 Å². The number of carbonyl (C=O) groups excluding carboxylic acids is 1. The molecule has 6 nitrogen and oxygen atoms in total. The lowest BCUT2D eigenvalue weighted by Gasteiger charge is -2.46. The summed E-state index contributed by atoms with van der Waals surface area (Å²) in [7, 11) is 3.57. The molecule has 1 saturated heterocycles. The zero-order valence-electron chi connectivity index (χ0n) is 11.8. The zero-order valence-corrected chi connectivity index (χ0v) is 11.8. The van der Waals surface area contributed by atoms with Crippen LogP contribution in [0, 0.1) is 0 Å². The third-order valence-electron chi connectivity index (χ3n) is 3.83. The molecule has 1 aliphatic heterocycles. The van der Waals surface area contributed by atoms with Crippen LogP contribution < -0.4 is 0 Å². The lowest BCUT2D eigenvalue weighted by Crippen LogP contribution is -2.61. The van der Waals surface area contributed by atoms with Crippen LogP contribution >= 0.6 is 0 Å². The van der Waals surface area contributed by atoms with Gasteiger partial charge in [-0.3, -0.25) is 4.90 Å². The Morgan fingerprint density at radius 1 is 1.33 bits per heavy atom. The van der Waals surface area contributed by atoms with Crippen molar-refractivity contribution in [3.63, 3.8) is 0 Å². The lowest BCUT2D eigenvalue weighted by molar-refractivity contribution is -0.141. The van der Waals surface area contributed by atoms with Crippen molar-refractivity contribution in [1.29, 1.82) is 0 Å². The minimum Gasteiger partial charge on any atom is -0.480 e. The maximum atomic E-state index is 12.2. The van der Waals surface area contributed by atoms with Crippen molar-refractivity contribution in [2.75, 3.05) is 33.7 Å². The molecule has 6 heteroatoms. The predicted octanol–water partition coefficient (Wildman–Crippen LogP) is 0.537. The van der Waals surface area contributed by atoms with E-state index in [1.165, 1.54) is 18.9 Å². The van der Waals surface area contributed by atoms with Crippen molar-refractivity contribution in [2.45, 2.75) is 32.4 Å². The third-order valence-corrected chi connectivity index (χ3v) is 3.83. The van der Waals surface area contributed by atoms with Crippen molar-refractivity contribution in [3.8, 4) is 0 Å². The van der Waals surface area contributed by atoms with Gasteiger partial charge in [0.1, 0.15) is 6.04 Å².